The van der Waals surface area contributed by atoms with Gasteiger partial charge in [0.15, 0.2) is 5.78 Å². The van der Waals surface area contributed by atoms with Crippen LogP contribution < -0.4 is 0 Å². The number of Topliss-reactive ketones (excluding diaryl/α,β-unsaturated/α-hetero) is 1. The maximum Gasteiger partial charge on any atom is 0.337 e. The van der Waals surface area contributed by atoms with Crippen molar-refractivity contribution in [2.75, 3.05) is 0 Å². The number of hydrogen-bond donors (Lipinski definition) is 2. The number of rotatable bonds is 10. The number of nitrogens with zero attached hydrogens (tertiary/aromatic N) is 3. The summed E-state index contributed by atoms with van der Waals surface area (Å²) in [7, 11) is 0. The van der Waals surface area contributed by atoms with Gasteiger partial charge in [-0.2, -0.15) is 0 Å². The third-order valence-corrected chi connectivity index (χ3v) is 10.5. The molecule has 266 valence electrons. The van der Waals surface area contributed by atoms with Gasteiger partial charge in [-0.25, -0.2) is 4.79 Å². The standard InChI is InChI=1S/C27H26N2O2.C19H18N2O/c1-17-9-18(2)11-20(10-17)16-29-8-7-22-12-19(3-6-26(22)29)13-25-24(27(30)31)14-23(15-28-25)21-4-5-21;1-12(22)17-10-16(14-3-4-14)11-21-19(17)9-13-2-5-18-15(8-13)6-7-20-18/h3,6-12,14-15,21H,4-5,13,16H2,1-2H3,(H,30,31);2,5-8,10-11,14,20H,3-4,9H2,1H3. The first-order chi connectivity index (χ1) is 25.7. The molecule has 7 aromatic rings. The van der Waals surface area contributed by atoms with Crippen molar-refractivity contribution in [2.45, 2.75) is 77.7 Å². The molecule has 9 rings (SSSR count). The van der Waals surface area contributed by atoms with Crippen molar-refractivity contribution in [1.29, 1.82) is 0 Å². The summed E-state index contributed by atoms with van der Waals surface area (Å²) < 4.78 is 2.26. The number of carboxylic acids is 1. The molecule has 3 aromatic carbocycles. The number of nitrogens with one attached hydrogen (secondary N) is 1. The number of carbonyl (C=O) groups is 2. The molecule has 4 aromatic heterocycles. The van der Waals surface area contributed by atoms with Crippen molar-refractivity contribution in [3.63, 3.8) is 0 Å². The fourth-order valence-corrected chi connectivity index (χ4v) is 7.52. The Bertz CT molecular complexity index is 2480. The molecule has 53 heavy (non-hydrogen) atoms. The smallest absolute Gasteiger partial charge is 0.337 e. The van der Waals surface area contributed by atoms with Gasteiger partial charge in [0.05, 0.1) is 17.0 Å². The third kappa shape index (κ3) is 7.85. The molecule has 0 spiro atoms. The van der Waals surface area contributed by atoms with Crippen LogP contribution in [0.4, 0.5) is 0 Å². The fraction of sp³-hybridized carbons (Fsp3) is 0.261. The van der Waals surface area contributed by atoms with E-state index in [1.807, 2.05) is 24.7 Å². The summed E-state index contributed by atoms with van der Waals surface area (Å²) in [5, 5.41) is 12.0. The van der Waals surface area contributed by atoms with Crippen LogP contribution in [0.15, 0.2) is 104 Å². The maximum absolute atomic E-state index is 12.0. The Morgan fingerprint density at radius 1 is 0.717 bits per heavy atom. The van der Waals surface area contributed by atoms with Gasteiger partial charge in [0.1, 0.15) is 0 Å². The molecule has 2 fully saturated rings. The second-order valence-electron chi connectivity index (χ2n) is 15.0. The Balaban J connectivity index is 0.000000160. The molecular weight excluding hydrogens is 657 g/mol. The first-order valence-electron chi connectivity index (χ1n) is 18.6. The number of fused-ring (bicyclic) bond motifs is 2. The van der Waals surface area contributed by atoms with Gasteiger partial charge in [-0.3, -0.25) is 14.8 Å². The average Bonchev–Trinajstić information content (AvgIpc) is 4.07. The highest BCUT2D eigenvalue weighted by molar-refractivity contribution is 5.95. The topological polar surface area (TPSA) is 101 Å². The van der Waals surface area contributed by atoms with Crippen LogP contribution in [0.25, 0.3) is 21.8 Å². The van der Waals surface area contributed by atoms with Crippen LogP contribution in [0.5, 0.6) is 0 Å². The van der Waals surface area contributed by atoms with Crippen molar-refractivity contribution >= 4 is 33.6 Å². The Kier molecular flexibility index (Phi) is 9.25. The molecule has 0 bridgehead atoms. The van der Waals surface area contributed by atoms with E-state index in [2.05, 4.69) is 112 Å². The SMILES string of the molecule is CC(=O)c1cc(C2CC2)cnc1Cc1ccc2[nH]ccc2c1.Cc1cc(C)cc(Cn2ccc3cc(Cc4ncc(C5CC5)cc4C(=O)O)ccc32)c1. The highest BCUT2D eigenvalue weighted by Crippen LogP contribution is 2.41. The fourth-order valence-electron chi connectivity index (χ4n) is 7.52. The minimum absolute atomic E-state index is 0.104. The zero-order chi connectivity index (χ0) is 36.6. The quantitative estimate of drug-likeness (QED) is 0.138. The van der Waals surface area contributed by atoms with Crippen molar-refractivity contribution in [3.8, 4) is 0 Å². The number of aryl methyl sites for hydroxylation is 2. The summed E-state index contributed by atoms with van der Waals surface area (Å²) in [6.45, 7) is 6.73. The number of carboxylic acid groups (broad SMARTS) is 1. The van der Waals surface area contributed by atoms with E-state index in [4.69, 9.17) is 0 Å². The van der Waals surface area contributed by atoms with E-state index in [1.165, 1.54) is 51.6 Å². The number of H-pyrrole nitrogens is 1. The molecule has 2 N–H and O–H groups in total. The molecule has 0 radical (unpaired) electrons. The summed E-state index contributed by atoms with van der Waals surface area (Å²) in [6.07, 6.45) is 13.8. The lowest BCUT2D eigenvalue weighted by Crippen LogP contribution is -2.07. The van der Waals surface area contributed by atoms with Gasteiger partial charge >= 0.3 is 5.97 Å². The van der Waals surface area contributed by atoms with E-state index < -0.39 is 5.97 Å². The van der Waals surface area contributed by atoms with Crippen LogP contribution in [-0.4, -0.2) is 36.4 Å². The van der Waals surface area contributed by atoms with Gasteiger partial charge in [0.2, 0.25) is 0 Å². The largest absolute Gasteiger partial charge is 0.478 e. The van der Waals surface area contributed by atoms with E-state index in [9.17, 15) is 14.7 Å². The lowest BCUT2D eigenvalue weighted by Gasteiger charge is -2.10. The van der Waals surface area contributed by atoms with E-state index in [0.717, 1.165) is 52.7 Å². The molecule has 2 aliphatic carbocycles. The molecule has 0 aliphatic heterocycles. The maximum atomic E-state index is 12.0. The number of aromatic amines is 1. The van der Waals surface area contributed by atoms with Crippen LogP contribution in [0.2, 0.25) is 0 Å². The van der Waals surface area contributed by atoms with Gasteiger partial charge in [-0.15, -0.1) is 0 Å². The van der Waals surface area contributed by atoms with E-state index in [1.54, 1.807) is 6.92 Å². The lowest BCUT2D eigenvalue weighted by molar-refractivity contribution is 0.0695. The van der Waals surface area contributed by atoms with Crippen molar-refractivity contribution < 1.29 is 14.7 Å². The number of hydrogen-bond acceptors (Lipinski definition) is 4. The first-order valence-corrected chi connectivity index (χ1v) is 18.6. The summed E-state index contributed by atoms with van der Waals surface area (Å²) >= 11 is 0. The Morgan fingerprint density at radius 3 is 1.94 bits per heavy atom. The summed E-state index contributed by atoms with van der Waals surface area (Å²) in [4.78, 5) is 36.1. The second-order valence-corrected chi connectivity index (χ2v) is 15.0. The Hall–Kier alpha value is -5.82. The second kappa shape index (κ2) is 14.3. The van der Waals surface area contributed by atoms with E-state index >= 15 is 0 Å². The normalized spacial score (nSPS) is 13.9. The van der Waals surface area contributed by atoms with E-state index in [0.29, 0.717) is 35.9 Å². The summed E-state index contributed by atoms with van der Waals surface area (Å²) in [5.41, 5.74) is 13.3. The van der Waals surface area contributed by atoms with Gasteiger partial charge < -0.3 is 14.7 Å². The Labute approximate surface area is 309 Å². The van der Waals surface area contributed by atoms with Gasteiger partial charge in [0.25, 0.3) is 0 Å². The van der Waals surface area contributed by atoms with Crippen LogP contribution in [0.1, 0.15) is 115 Å². The third-order valence-electron chi connectivity index (χ3n) is 10.5. The molecule has 2 aliphatic rings. The number of aromatic nitrogens is 4. The van der Waals surface area contributed by atoms with Gasteiger partial charge in [-0.1, -0.05) is 41.5 Å². The van der Waals surface area contributed by atoms with Crippen molar-refractivity contribution in [1.82, 2.24) is 19.5 Å². The molecule has 0 saturated heterocycles. The average molecular weight is 701 g/mol. The Morgan fingerprint density at radius 2 is 1.32 bits per heavy atom. The molecular formula is C46H44N4O3. The van der Waals surface area contributed by atoms with Gasteiger partial charge in [-0.05, 0) is 145 Å². The first kappa shape index (κ1) is 34.3. The lowest BCUT2D eigenvalue weighted by atomic mass is 9.99. The van der Waals surface area contributed by atoms with Crippen LogP contribution in [-0.2, 0) is 19.4 Å². The predicted molar refractivity (Wildman–Crippen MR) is 210 cm³/mol. The molecule has 4 heterocycles. The predicted octanol–water partition coefficient (Wildman–Crippen LogP) is 10.1. The molecule has 2 saturated carbocycles. The number of ketones is 1. The summed E-state index contributed by atoms with van der Waals surface area (Å²) in [5.74, 6) is 0.321. The number of aromatic carboxylic acids is 1. The minimum atomic E-state index is -0.898. The van der Waals surface area contributed by atoms with Gasteiger partial charge in [0, 0.05) is 60.8 Å². The van der Waals surface area contributed by atoms with Crippen LogP contribution in [0, 0.1) is 13.8 Å². The minimum Gasteiger partial charge on any atom is -0.478 e. The molecule has 7 heteroatoms. The van der Waals surface area contributed by atoms with Crippen molar-refractivity contribution in [2.24, 2.45) is 0 Å². The number of pyridine rings is 2. The molecule has 7 nitrogen and oxygen atoms in total. The highest BCUT2D eigenvalue weighted by Gasteiger charge is 2.26. The number of benzene rings is 3. The zero-order valence-corrected chi connectivity index (χ0v) is 30.5. The monoisotopic (exact) mass is 700 g/mol. The van der Waals surface area contributed by atoms with E-state index in [-0.39, 0.29) is 5.78 Å². The van der Waals surface area contributed by atoms with Crippen LogP contribution in [0.3, 0.4) is 0 Å². The highest BCUT2D eigenvalue weighted by atomic mass is 16.4. The number of carbonyl (C=O) groups excluding carboxylic acids is 1. The molecule has 0 unspecified atom stereocenters. The van der Waals surface area contributed by atoms with Crippen molar-refractivity contribution in [3.05, 3.63) is 165 Å². The van der Waals surface area contributed by atoms with Crippen LogP contribution >= 0.6 is 0 Å². The summed E-state index contributed by atoms with van der Waals surface area (Å²) in [6, 6.07) is 27.4. The zero-order valence-electron chi connectivity index (χ0n) is 30.5. The molecule has 0 atom stereocenters. The molecule has 0 amide bonds.